The molecular weight excluding hydrogens is 610 g/mol. The number of nitrogens with one attached hydrogen (secondary N) is 1. The van der Waals surface area contributed by atoms with Crippen LogP contribution >= 0.6 is 11.8 Å². The van der Waals surface area contributed by atoms with Crippen LogP contribution in [0.4, 0.5) is 22.4 Å². The number of benzene rings is 3. The second-order valence-corrected chi connectivity index (χ2v) is 11.9. The maximum Gasteiger partial charge on any atom is 0.573 e. The molecule has 1 N–H and O–H groups in total. The Hall–Kier alpha value is -4.52. The van der Waals surface area contributed by atoms with E-state index in [-0.39, 0.29) is 35.1 Å². The summed E-state index contributed by atoms with van der Waals surface area (Å²) in [5, 5.41) is 7.68. The minimum absolute atomic E-state index is 0.00965. The van der Waals surface area contributed by atoms with Crippen LogP contribution in [-0.4, -0.2) is 49.8 Å². The minimum Gasteiger partial charge on any atom is -0.406 e. The maximum absolute atomic E-state index is 13.9. The Morgan fingerprint density at radius 2 is 1.80 bits per heavy atom. The van der Waals surface area contributed by atoms with E-state index in [0.717, 1.165) is 16.7 Å². The van der Waals surface area contributed by atoms with Crippen LogP contribution < -0.4 is 10.1 Å². The first-order chi connectivity index (χ1) is 21.4. The molecule has 1 aliphatic heterocycles. The highest BCUT2D eigenvalue weighted by atomic mass is 32.2. The molecule has 0 spiro atoms. The Bertz CT molecular complexity index is 1720. The standard InChI is InChI=1S/C32H29F4N5O3S/c1-18(2)26-15-22(33)8-13-25(26)28-27(42)16-45-30(28)39-31(43)38-19(3)14-20-4-6-21(7-5-20)29-37-17-41(40-29)23-9-11-24(12-10-23)44-32(34,35)36/h4-13,15,17-19,28H,14,16H2,1-3H3,(H,38,43)/b39-30-. The number of nitrogens with zero attached hydrogens (tertiary/aromatic N) is 4. The number of aliphatic imine (C=N–C) groups is 1. The van der Waals surface area contributed by atoms with Crippen LogP contribution in [0.15, 0.2) is 78.0 Å². The summed E-state index contributed by atoms with van der Waals surface area (Å²) < 4.78 is 56.5. The Balaban J connectivity index is 1.20. The van der Waals surface area contributed by atoms with Crippen LogP contribution in [0.5, 0.6) is 5.75 Å². The lowest BCUT2D eigenvalue weighted by Crippen LogP contribution is -2.32. The minimum atomic E-state index is -4.77. The first-order valence-corrected chi connectivity index (χ1v) is 15.1. The molecule has 1 fully saturated rings. The van der Waals surface area contributed by atoms with Gasteiger partial charge in [-0.15, -0.1) is 30.0 Å². The van der Waals surface area contributed by atoms with Gasteiger partial charge in [0.25, 0.3) is 0 Å². The molecule has 0 bridgehead atoms. The highest BCUT2D eigenvalue weighted by molar-refractivity contribution is 8.15. The van der Waals surface area contributed by atoms with Gasteiger partial charge >= 0.3 is 12.4 Å². The summed E-state index contributed by atoms with van der Waals surface area (Å²) in [7, 11) is 0. The van der Waals surface area contributed by atoms with Crippen molar-refractivity contribution in [3.05, 3.63) is 95.6 Å². The summed E-state index contributed by atoms with van der Waals surface area (Å²) in [6.45, 7) is 5.70. The van der Waals surface area contributed by atoms with E-state index in [0.29, 0.717) is 28.5 Å². The number of hydrogen-bond donors (Lipinski definition) is 1. The van der Waals surface area contributed by atoms with E-state index >= 15 is 0 Å². The van der Waals surface area contributed by atoms with Gasteiger partial charge in [-0.1, -0.05) is 44.2 Å². The summed E-state index contributed by atoms with van der Waals surface area (Å²) in [6, 6.07) is 16.3. The van der Waals surface area contributed by atoms with Gasteiger partial charge < -0.3 is 10.1 Å². The molecule has 4 aromatic rings. The predicted octanol–water partition coefficient (Wildman–Crippen LogP) is 7.23. The number of thioether (sulfide) groups is 1. The molecule has 1 saturated heterocycles. The third-order valence-corrected chi connectivity index (χ3v) is 8.13. The van der Waals surface area contributed by atoms with Crippen LogP contribution in [0.2, 0.25) is 0 Å². The van der Waals surface area contributed by atoms with Crippen molar-refractivity contribution < 1.29 is 31.9 Å². The molecule has 0 radical (unpaired) electrons. The number of ether oxygens (including phenoxy) is 1. The van der Waals surface area contributed by atoms with Crippen LogP contribution in [-0.2, 0) is 11.2 Å². The number of urea groups is 1. The topological polar surface area (TPSA) is 98.5 Å². The Morgan fingerprint density at radius 1 is 1.09 bits per heavy atom. The number of Topliss-reactive ketones (excluding diaryl/α,β-unsaturated/α-hetero) is 1. The second kappa shape index (κ2) is 13.2. The summed E-state index contributed by atoms with van der Waals surface area (Å²) in [6.07, 6.45) is -2.80. The number of hydrogen-bond acceptors (Lipinski definition) is 6. The van der Waals surface area contributed by atoms with E-state index in [2.05, 4.69) is 25.1 Å². The average Bonchev–Trinajstić information content (AvgIpc) is 3.60. The van der Waals surface area contributed by atoms with Crippen molar-refractivity contribution in [2.45, 2.75) is 51.4 Å². The molecule has 5 rings (SSSR count). The quantitative estimate of drug-likeness (QED) is 0.204. The molecule has 1 aromatic heterocycles. The number of amides is 2. The van der Waals surface area contributed by atoms with Gasteiger partial charge in [-0.2, -0.15) is 4.99 Å². The van der Waals surface area contributed by atoms with Crippen LogP contribution in [0.3, 0.4) is 0 Å². The molecular formula is C32H29F4N5O3S. The predicted molar refractivity (Wildman–Crippen MR) is 163 cm³/mol. The third kappa shape index (κ3) is 7.96. The number of carbonyl (C=O) groups excluding carboxylic acids is 2. The van der Waals surface area contributed by atoms with Crippen LogP contribution in [0.25, 0.3) is 17.1 Å². The average molecular weight is 640 g/mol. The fraction of sp³-hybridized carbons (Fsp3) is 0.281. The number of carbonyl (C=O) groups is 2. The Kier molecular flexibility index (Phi) is 9.37. The summed E-state index contributed by atoms with van der Waals surface area (Å²) in [4.78, 5) is 34.1. The second-order valence-electron chi connectivity index (χ2n) is 10.9. The van der Waals surface area contributed by atoms with Gasteiger partial charge in [0.15, 0.2) is 11.6 Å². The van der Waals surface area contributed by atoms with Crippen molar-refractivity contribution in [3.8, 4) is 22.8 Å². The zero-order chi connectivity index (χ0) is 32.3. The molecule has 8 nitrogen and oxygen atoms in total. The molecule has 13 heteroatoms. The van der Waals surface area contributed by atoms with Gasteiger partial charge in [-0.25, -0.2) is 18.9 Å². The van der Waals surface area contributed by atoms with Gasteiger partial charge in [0.05, 0.1) is 22.4 Å². The zero-order valence-electron chi connectivity index (χ0n) is 24.5. The van der Waals surface area contributed by atoms with E-state index in [9.17, 15) is 27.2 Å². The smallest absolute Gasteiger partial charge is 0.406 e. The van der Waals surface area contributed by atoms with Gasteiger partial charge in [0.2, 0.25) is 0 Å². The lowest BCUT2D eigenvalue weighted by molar-refractivity contribution is -0.274. The molecule has 1 aliphatic rings. The van der Waals surface area contributed by atoms with Crippen LogP contribution in [0.1, 0.15) is 49.3 Å². The van der Waals surface area contributed by atoms with Gasteiger partial charge in [-0.05, 0) is 72.4 Å². The number of alkyl halides is 3. The lowest BCUT2D eigenvalue weighted by Gasteiger charge is -2.18. The highest BCUT2D eigenvalue weighted by Gasteiger charge is 2.36. The summed E-state index contributed by atoms with van der Waals surface area (Å²) in [5.41, 5.74) is 3.58. The molecule has 2 heterocycles. The van der Waals surface area contributed by atoms with Crippen LogP contribution in [0, 0.1) is 5.82 Å². The first-order valence-electron chi connectivity index (χ1n) is 14.1. The fourth-order valence-corrected chi connectivity index (χ4v) is 6.05. The molecule has 2 atom stereocenters. The number of aromatic nitrogens is 3. The molecule has 0 aliphatic carbocycles. The molecule has 3 aromatic carbocycles. The monoisotopic (exact) mass is 639 g/mol. The van der Waals surface area contributed by atoms with Gasteiger partial charge in [0.1, 0.15) is 17.9 Å². The Labute approximate surface area is 260 Å². The van der Waals surface area contributed by atoms with Gasteiger partial charge in [0, 0.05) is 11.6 Å². The van der Waals surface area contributed by atoms with E-state index in [1.807, 2.05) is 45.0 Å². The first kappa shape index (κ1) is 31.9. The van der Waals surface area contributed by atoms with Crippen molar-refractivity contribution in [2.75, 3.05) is 5.75 Å². The number of rotatable bonds is 8. The fourth-order valence-electron chi connectivity index (χ4n) is 5.02. The highest BCUT2D eigenvalue weighted by Crippen LogP contribution is 2.37. The van der Waals surface area contributed by atoms with Crippen molar-refractivity contribution in [1.82, 2.24) is 20.1 Å². The lowest BCUT2D eigenvalue weighted by atomic mass is 9.87. The number of ketones is 1. The molecule has 45 heavy (non-hydrogen) atoms. The molecule has 2 amide bonds. The third-order valence-electron chi connectivity index (χ3n) is 7.08. The molecule has 2 unspecified atom stereocenters. The molecule has 234 valence electrons. The van der Waals surface area contributed by atoms with E-state index in [1.165, 1.54) is 59.2 Å². The zero-order valence-corrected chi connectivity index (χ0v) is 25.3. The summed E-state index contributed by atoms with van der Waals surface area (Å²) in [5.74, 6) is -0.857. The van der Waals surface area contributed by atoms with Crippen molar-refractivity contribution in [2.24, 2.45) is 4.99 Å². The largest absolute Gasteiger partial charge is 0.573 e. The normalized spacial score (nSPS) is 16.8. The summed E-state index contributed by atoms with van der Waals surface area (Å²) >= 11 is 1.23. The Morgan fingerprint density at radius 3 is 2.47 bits per heavy atom. The van der Waals surface area contributed by atoms with E-state index < -0.39 is 18.3 Å². The molecule has 0 saturated carbocycles. The van der Waals surface area contributed by atoms with Crippen molar-refractivity contribution >= 4 is 28.6 Å². The van der Waals surface area contributed by atoms with Crippen molar-refractivity contribution in [3.63, 3.8) is 0 Å². The van der Waals surface area contributed by atoms with Crippen molar-refractivity contribution in [1.29, 1.82) is 0 Å². The SMILES string of the molecule is CC(Cc1ccc(-c2ncn(-c3ccc(OC(F)(F)F)cc3)n2)cc1)NC(=O)/N=C1\SCC(=O)C1c1ccc(F)cc1C(C)C. The maximum atomic E-state index is 13.9. The van der Waals surface area contributed by atoms with Gasteiger partial charge in [-0.3, -0.25) is 4.79 Å². The van der Waals surface area contributed by atoms with E-state index in [4.69, 9.17) is 0 Å². The number of halogens is 4. The van der Waals surface area contributed by atoms with E-state index in [1.54, 1.807) is 6.07 Å².